The van der Waals surface area contributed by atoms with E-state index in [1.165, 1.54) is 32.4 Å². The van der Waals surface area contributed by atoms with Crippen molar-refractivity contribution >= 4 is 46.4 Å². The highest BCUT2D eigenvalue weighted by Gasteiger charge is 2.05. The van der Waals surface area contributed by atoms with Crippen LogP contribution in [0, 0.1) is 0 Å². The molecule has 1 aliphatic heterocycles. The number of benzene rings is 1. The number of rotatable bonds is 2. The van der Waals surface area contributed by atoms with Gasteiger partial charge in [0.1, 0.15) is 0 Å². The molecule has 0 amide bonds. The van der Waals surface area contributed by atoms with Gasteiger partial charge >= 0.3 is 0 Å². The number of piperidine rings is 1. The van der Waals surface area contributed by atoms with Gasteiger partial charge < -0.3 is 10.6 Å². The fourth-order valence-corrected chi connectivity index (χ4v) is 2.41. The van der Waals surface area contributed by atoms with Gasteiger partial charge in [0.15, 0.2) is 0 Å². The van der Waals surface area contributed by atoms with E-state index in [1.54, 1.807) is 12.1 Å². The number of nitrogens with one attached hydrogen (secondary N) is 2. The molecule has 3 rings (SSSR count). The van der Waals surface area contributed by atoms with Crippen molar-refractivity contribution in [3.8, 4) is 0 Å². The summed E-state index contributed by atoms with van der Waals surface area (Å²) in [6.45, 7) is 2.50. The second-order valence-electron chi connectivity index (χ2n) is 4.61. The molecular weight excluding hydrogens is 345 g/mol. The lowest BCUT2D eigenvalue weighted by Crippen LogP contribution is -2.21. The Morgan fingerprint density at radius 3 is 2.00 bits per heavy atom. The molecule has 1 aromatic heterocycles. The van der Waals surface area contributed by atoms with Gasteiger partial charge in [0.05, 0.1) is 10.7 Å². The molecule has 1 aliphatic rings. The van der Waals surface area contributed by atoms with Crippen LogP contribution < -0.4 is 10.6 Å². The van der Waals surface area contributed by atoms with Crippen LogP contribution in [0.4, 0.5) is 11.6 Å². The highest BCUT2D eigenvalue weighted by atomic mass is 35.5. The third kappa shape index (κ3) is 5.93. The maximum absolute atomic E-state index is 5.95. The molecule has 0 aliphatic carbocycles. The minimum atomic E-state index is 0.0227. The Morgan fingerprint density at radius 1 is 0.864 bits per heavy atom. The van der Waals surface area contributed by atoms with Gasteiger partial charge in [0, 0.05) is 0 Å². The fraction of sp³-hybridized carbons (Fsp3) is 0.357. The number of para-hydroxylation sites is 1. The standard InChI is InChI=1S/C9H5Cl3N4.C5H11N/c10-5-3-1-2-4-6(5)13-9-15-7(11)14-8(12)16-9;1-2-4-6-5-3-1/h1-4H,(H,13,14,15,16);6H,1-5H2. The van der Waals surface area contributed by atoms with Crippen LogP contribution in [0.2, 0.25) is 15.6 Å². The molecule has 5 nitrogen and oxygen atoms in total. The maximum Gasteiger partial charge on any atom is 0.232 e. The summed E-state index contributed by atoms with van der Waals surface area (Å²) in [5, 5.41) is 6.77. The zero-order valence-electron chi connectivity index (χ0n) is 11.8. The molecule has 0 atom stereocenters. The van der Waals surface area contributed by atoms with E-state index in [1.807, 2.05) is 12.1 Å². The predicted octanol–water partition coefficient (Wildman–Crippen LogP) is 4.34. The maximum atomic E-state index is 5.95. The van der Waals surface area contributed by atoms with Crippen LogP contribution in [0.5, 0.6) is 0 Å². The summed E-state index contributed by atoms with van der Waals surface area (Å²) < 4.78 is 0. The molecule has 0 bridgehead atoms. The van der Waals surface area contributed by atoms with E-state index in [4.69, 9.17) is 34.8 Å². The van der Waals surface area contributed by atoms with Crippen LogP contribution in [0.3, 0.4) is 0 Å². The Labute approximate surface area is 144 Å². The molecule has 0 spiro atoms. The highest BCUT2D eigenvalue weighted by molar-refractivity contribution is 6.33. The van der Waals surface area contributed by atoms with Crippen LogP contribution in [0.1, 0.15) is 19.3 Å². The summed E-state index contributed by atoms with van der Waals surface area (Å²) in [6.07, 6.45) is 4.22. The van der Waals surface area contributed by atoms with E-state index in [0.717, 1.165) is 0 Å². The van der Waals surface area contributed by atoms with Crippen molar-refractivity contribution in [1.82, 2.24) is 20.3 Å². The molecule has 1 saturated heterocycles. The lowest BCUT2D eigenvalue weighted by Gasteiger charge is -2.08. The Morgan fingerprint density at radius 2 is 1.50 bits per heavy atom. The minimum Gasteiger partial charge on any atom is -0.323 e. The summed E-state index contributed by atoms with van der Waals surface area (Å²) in [6, 6.07) is 7.18. The number of anilines is 2. The Kier molecular flexibility index (Phi) is 7.12. The number of hydrogen-bond acceptors (Lipinski definition) is 5. The van der Waals surface area contributed by atoms with E-state index in [2.05, 4.69) is 25.6 Å². The average molecular weight is 361 g/mol. The molecule has 0 unspecified atom stereocenters. The van der Waals surface area contributed by atoms with Crippen LogP contribution in [-0.4, -0.2) is 28.0 Å². The Hall–Kier alpha value is -1.14. The molecule has 118 valence electrons. The van der Waals surface area contributed by atoms with Gasteiger partial charge in [-0.05, 0) is 61.3 Å². The molecule has 2 aromatic rings. The number of aromatic nitrogens is 3. The van der Waals surface area contributed by atoms with Gasteiger partial charge in [-0.2, -0.15) is 15.0 Å². The third-order valence-corrected chi connectivity index (χ3v) is 3.58. The van der Waals surface area contributed by atoms with Crippen molar-refractivity contribution in [2.24, 2.45) is 0 Å². The molecule has 0 saturated carbocycles. The largest absolute Gasteiger partial charge is 0.323 e. The second-order valence-corrected chi connectivity index (χ2v) is 5.70. The molecule has 22 heavy (non-hydrogen) atoms. The van der Waals surface area contributed by atoms with E-state index in [0.29, 0.717) is 10.7 Å². The predicted molar refractivity (Wildman–Crippen MR) is 91.3 cm³/mol. The summed E-state index contributed by atoms with van der Waals surface area (Å²) in [5.41, 5.74) is 0.669. The first-order valence-electron chi connectivity index (χ1n) is 6.94. The number of hydrogen-bond donors (Lipinski definition) is 2. The van der Waals surface area contributed by atoms with Crippen LogP contribution in [0.15, 0.2) is 24.3 Å². The van der Waals surface area contributed by atoms with Crippen molar-refractivity contribution in [1.29, 1.82) is 0 Å². The minimum absolute atomic E-state index is 0.0227. The first-order valence-corrected chi connectivity index (χ1v) is 8.08. The zero-order valence-corrected chi connectivity index (χ0v) is 14.1. The normalized spacial score (nSPS) is 14.0. The van der Waals surface area contributed by atoms with Crippen molar-refractivity contribution in [2.45, 2.75) is 19.3 Å². The van der Waals surface area contributed by atoms with E-state index in [9.17, 15) is 0 Å². The second kappa shape index (κ2) is 9.10. The summed E-state index contributed by atoms with van der Waals surface area (Å²) in [7, 11) is 0. The lowest BCUT2D eigenvalue weighted by molar-refractivity contribution is 0.520. The Bertz CT molecular complexity index is 573. The summed E-state index contributed by atoms with van der Waals surface area (Å²) in [4.78, 5) is 11.4. The van der Waals surface area contributed by atoms with Gasteiger partial charge in [-0.1, -0.05) is 30.2 Å². The fourth-order valence-electron chi connectivity index (χ4n) is 1.87. The quantitative estimate of drug-likeness (QED) is 0.834. The van der Waals surface area contributed by atoms with Gasteiger partial charge in [-0.3, -0.25) is 0 Å². The van der Waals surface area contributed by atoms with Gasteiger partial charge in [0.25, 0.3) is 0 Å². The zero-order chi connectivity index (χ0) is 15.8. The van der Waals surface area contributed by atoms with Gasteiger partial charge in [0.2, 0.25) is 16.5 Å². The molecule has 0 radical (unpaired) electrons. The first-order chi connectivity index (χ1) is 10.6. The van der Waals surface area contributed by atoms with Crippen molar-refractivity contribution in [2.75, 3.05) is 18.4 Å². The van der Waals surface area contributed by atoms with Gasteiger partial charge in [-0.25, -0.2) is 0 Å². The van der Waals surface area contributed by atoms with Crippen LogP contribution in [-0.2, 0) is 0 Å². The van der Waals surface area contributed by atoms with E-state index >= 15 is 0 Å². The van der Waals surface area contributed by atoms with Crippen molar-refractivity contribution < 1.29 is 0 Å². The monoisotopic (exact) mass is 359 g/mol. The summed E-state index contributed by atoms with van der Waals surface area (Å²) >= 11 is 17.2. The topological polar surface area (TPSA) is 62.7 Å². The van der Waals surface area contributed by atoms with Crippen LogP contribution >= 0.6 is 34.8 Å². The molecule has 2 heterocycles. The molecule has 2 N–H and O–H groups in total. The SMILES string of the molecule is C1CCNCC1.Clc1nc(Cl)nc(Nc2ccccc2Cl)n1. The van der Waals surface area contributed by atoms with E-state index in [-0.39, 0.29) is 16.5 Å². The van der Waals surface area contributed by atoms with Crippen molar-refractivity contribution in [3.63, 3.8) is 0 Å². The smallest absolute Gasteiger partial charge is 0.232 e. The average Bonchev–Trinajstić information content (AvgIpc) is 2.51. The van der Waals surface area contributed by atoms with E-state index < -0.39 is 0 Å². The number of nitrogens with zero attached hydrogens (tertiary/aromatic N) is 3. The van der Waals surface area contributed by atoms with Crippen molar-refractivity contribution in [3.05, 3.63) is 39.9 Å². The molecular formula is C14H16Cl3N5. The lowest BCUT2D eigenvalue weighted by atomic mass is 10.2. The Balaban J connectivity index is 0.000000246. The van der Waals surface area contributed by atoms with Gasteiger partial charge in [-0.15, -0.1) is 0 Å². The number of halogens is 3. The highest BCUT2D eigenvalue weighted by Crippen LogP contribution is 2.23. The third-order valence-electron chi connectivity index (χ3n) is 2.91. The summed E-state index contributed by atoms with van der Waals surface area (Å²) in [5.74, 6) is 0.248. The first kappa shape index (κ1) is 17.2. The molecule has 1 aromatic carbocycles. The molecule has 1 fully saturated rings. The molecule has 8 heteroatoms. The van der Waals surface area contributed by atoms with Crippen LogP contribution in [0.25, 0.3) is 0 Å².